The summed E-state index contributed by atoms with van der Waals surface area (Å²) in [4.78, 5) is 16.1. The predicted octanol–water partition coefficient (Wildman–Crippen LogP) is 3.40. The van der Waals surface area contributed by atoms with Crippen molar-refractivity contribution in [1.29, 1.82) is 0 Å². The molecule has 0 radical (unpaired) electrons. The van der Waals surface area contributed by atoms with Gasteiger partial charge < -0.3 is 21.4 Å². The van der Waals surface area contributed by atoms with Crippen LogP contribution in [0.25, 0.3) is 11.0 Å². The van der Waals surface area contributed by atoms with Crippen LogP contribution in [0.5, 0.6) is 0 Å². The molecule has 1 saturated carbocycles. The lowest BCUT2D eigenvalue weighted by Gasteiger charge is -2.33. The van der Waals surface area contributed by atoms with Gasteiger partial charge in [0.25, 0.3) is 0 Å². The number of hydrogen-bond donors (Lipinski definition) is 5. The number of pyridine rings is 1. The molecule has 0 saturated heterocycles. The molecule has 4 aromatic heterocycles. The second-order valence-corrected chi connectivity index (χ2v) is 7.33. The van der Waals surface area contributed by atoms with E-state index in [1.807, 2.05) is 24.4 Å². The summed E-state index contributed by atoms with van der Waals surface area (Å²) < 4.78 is 26.1. The molecule has 0 spiro atoms. The highest BCUT2D eigenvalue weighted by Crippen LogP contribution is 2.48. The van der Waals surface area contributed by atoms with Crippen molar-refractivity contribution in [2.45, 2.75) is 30.8 Å². The van der Waals surface area contributed by atoms with E-state index in [0.29, 0.717) is 29.0 Å². The molecule has 5 rings (SSSR count). The summed E-state index contributed by atoms with van der Waals surface area (Å²) in [6.45, 7) is 0. The Kier molecular flexibility index (Phi) is 4.31. The molecule has 4 heterocycles. The fraction of sp³-hybridized carbons (Fsp3) is 0.263. The Morgan fingerprint density at radius 1 is 1.13 bits per heavy atom. The maximum absolute atomic E-state index is 13.1. The summed E-state index contributed by atoms with van der Waals surface area (Å²) in [6.07, 6.45) is 2.48. The molecule has 0 bridgehead atoms. The summed E-state index contributed by atoms with van der Waals surface area (Å²) in [5.74, 6) is -1.47. The maximum Gasteiger partial charge on any atom is 0.249 e. The van der Waals surface area contributed by atoms with Crippen molar-refractivity contribution in [2.24, 2.45) is 5.73 Å². The molecule has 1 fully saturated rings. The minimum absolute atomic E-state index is 0.156. The minimum atomic E-state index is -2.57. The van der Waals surface area contributed by atoms with Gasteiger partial charge in [0.1, 0.15) is 12.0 Å². The van der Waals surface area contributed by atoms with Crippen LogP contribution in [-0.4, -0.2) is 36.1 Å². The Bertz CT molecular complexity index is 1180. The van der Waals surface area contributed by atoms with Crippen molar-refractivity contribution in [3.63, 3.8) is 0 Å². The van der Waals surface area contributed by atoms with Gasteiger partial charge in [-0.05, 0) is 24.3 Å². The number of H-pyrrole nitrogens is 2. The van der Waals surface area contributed by atoms with Crippen molar-refractivity contribution in [2.75, 3.05) is 10.6 Å². The number of anilines is 3. The molecule has 154 valence electrons. The summed E-state index contributed by atoms with van der Waals surface area (Å²) in [5.41, 5.74) is 9.29. The van der Waals surface area contributed by atoms with Crippen LogP contribution in [0, 0.1) is 0 Å². The van der Waals surface area contributed by atoms with Crippen molar-refractivity contribution < 1.29 is 8.78 Å². The normalized spacial score (nSPS) is 16.9. The third kappa shape index (κ3) is 3.66. The fourth-order valence-corrected chi connectivity index (χ4v) is 3.46. The van der Waals surface area contributed by atoms with Gasteiger partial charge in [-0.1, -0.05) is 0 Å². The van der Waals surface area contributed by atoms with E-state index in [1.165, 1.54) is 0 Å². The molecular formula is C19H19F2N9. The number of aromatic nitrogens is 6. The third-order valence-electron chi connectivity index (χ3n) is 5.07. The van der Waals surface area contributed by atoms with Crippen molar-refractivity contribution in [1.82, 2.24) is 30.1 Å². The first kappa shape index (κ1) is 18.4. The summed E-state index contributed by atoms with van der Waals surface area (Å²) in [5, 5.41) is 13.0. The maximum atomic E-state index is 13.1. The van der Waals surface area contributed by atoms with Gasteiger partial charge >= 0.3 is 0 Å². The van der Waals surface area contributed by atoms with Crippen LogP contribution in [0.2, 0.25) is 0 Å². The number of nitrogens with one attached hydrogen (secondary N) is 4. The highest BCUT2D eigenvalue weighted by molar-refractivity contribution is 5.74. The Balaban J connectivity index is 1.25. The standard InChI is InChI=1S/C19H19F2N9/c20-19(21)8-10(9-19)14-7-16(30-29-14)26-15-4-6-24-18(27-15)28-17(22)13-2-1-11-12(25-13)3-5-23-11/h1-7,10,17,23H,8-9,22H2,(H3,24,26,27,28,29,30)/t17-/m0/s1. The van der Waals surface area contributed by atoms with E-state index < -0.39 is 12.1 Å². The predicted molar refractivity (Wildman–Crippen MR) is 107 cm³/mol. The van der Waals surface area contributed by atoms with Crippen molar-refractivity contribution in [3.8, 4) is 0 Å². The minimum Gasteiger partial charge on any atom is -0.360 e. The van der Waals surface area contributed by atoms with Crippen LogP contribution in [0.4, 0.5) is 26.4 Å². The molecule has 0 aliphatic heterocycles. The first-order valence-electron chi connectivity index (χ1n) is 9.45. The monoisotopic (exact) mass is 411 g/mol. The van der Waals surface area contributed by atoms with Crippen molar-refractivity contribution in [3.05, 3.63) is 54.1 Å². The largest absolute Gasteiger partial charge is 0.360 e. The smallest absolute Gasteiger partial charge is 0.249 e. The topological polar surface area (TPSA) is 133 Å². The quantitative estimate of drug-likeness (QED) is 0.307. The molecule has 1 aliphatic rings. The Morgan fingerprint density at radius 2 is 2.00 bits per heavy atom. The van der Waals surface area contributed by atoms with E-state index in [1.54, 1.807) is 18.3 Å². The van der Waals surface area contributed by atoms with Gasteiger partial charge in [-0.25, -0.2) is 18.7 Å². The summed E-state index contributed by atoms with van der Waals surface area (Å²) >= 11 is 0. The first-order valence-corrected chi connectivity index (χ1v) is 9.45. The van der Waals surface area contributed by atoms with Crippen molar-refractivity contribution >= 4 is 28.6 Å². The van der Waals surface area contributed by atoms with Crippen LogP contribution in [-0.2, 0) is 0 Å². The molecule has 6 N–H and O–H groups in total. The molecule has 4 aromatic rings. The van der Waals surface area contributed by atoms with Gasteiger partial charge in [-0.15, -0.1) is 0 Å². The number of alkyl halides is 2. The van der Waals surface area contributed by atoms with Crippen LogP contribution >= 0.6 is 0 Å². The van der Waals surface area contributed by atoms with E-state index in [9.17, 15) is 8.78 Å². The Morgan fingerprint density at radius 3 is 2.83 bits per heavy atom. The van der Waals surface area contributed by atoms with Gasteiger partial charge in [0, 0.05) is 42.9 Å². The summed E-state index contributed by atoms with van der Waals surface area (Å²) in [6, 6.07) is 9.00. The number of nitrogens with two attached hydrogens (primary N) is 1. The van der Waals surface area contributed by atoms with Crippen LogP contribution in [0.1, 0.15) is 36.3 Å². The lowest BCUT2D eigenvalue weighted by atomic mass is 9.79. The van der Waals surface area contributed by atoms with E-state index >= 15 is 0 Å². The van der Waals surface area contributed by atoms with Gasteiger partial charge in [0.05, 0.1) is 16.7 Å². The van der Waals surface area contributed by atoms with E-state index in [0.717, 1.165) is 11.0 Å². The van der Waals surface area contributed by atoms with Gasteiger partial charge in [0.2, 0.25) is 11.9 Å². The number of fused-ring (bicyclic) bond motifs is 1. The number of nitrogens with zero attached hydrogens (tertiary/aromatic N) is 4. The molecule has 0 amide bonds. The molecule has 30 heavy (non-hydrogen) atoms. The zero-order valence-corrected chi connectivity index (χ0v) is 15.7. The molecule has 0 aromatic carbocycles. The second-order valence-electron chi connectivity index (χ2n) is 7.33. The molecule has 0 unspecified atom stereocenters. The summed E-state index contributed by atoms with van der Waals surface area (Å²) in [7, 11) is 0. The van der Waals surface area contributed by atoms with E-state index in [-0.39, 0.29) is 18.8 Å². The second kappa shape index (κ2) is 7.02. The average Bonchev–Trinajstić information content (AvgIpc) is 3.35. The SMILES string of the molecule is N[C@@H](Nc1nccc(Nc2cc(C3CC(F)(F)C3)[nH]n2)n1)c1ccc2[nH]ccc2n1. The zero-order valence-electron chi connectivity index (χ0n) is 15.7. The Hall–Kier alpha value is -3.60. The highest BCUT2D eigenvalue weighted by atomic mass is 19.3. The van der Waals surface area contributed by atoms with Crippen LogP contribution in [0.3, 0.4) is 0 Å². The molecular weight excluding hydrogens is 392 g/mol. The van der Waals surface area contributed by atoms with Gasteiger partial charge in [0.15, 0.2) is 5.82 Å². The van der Waals surface area contributed by atoms with Gasteiger partial charge in [-0.2, -0.15) is 10.1 Å². The number of aromatic amines is 2. The number of hydrogen-bond acceptors (Lipinski definition) is 7. The number of halogens is 2. The lowest BCUT2D eigenvalue weighted by molar-refractivity contribution is -0.0876. The van der Waals surface area contributed by atoms with Gasteiger partial charge in [-0.3, -0.25) is 5.10 Å². The third-order valence-corrected chi connectivity index (χ3v) is 5.07. The van der Waals surface area contributed by atoms with Crippen LogP contribution in [0.15, 0.2) is 42.7 Å². The molecule has 1 aliphatic carbocycles. The first-order chi connectivity index (χ1) is 14.4. The molecule has 1 atom stereocenters. The molecule has 9 nitrogen and oxygen atoms in total. The highest BCUT2D eigenvalue weighted by Gasteiger charge is 2.46. The average molecular weight is 411 g/mol. The molecule has 11 heteroatoms. The zero-order chi connectivity index (χ0) is 20.7. The number of rotatable bonds is 6. The Labute approximate surface area is 169 Å². The van der Waals surface area contributed by atoms with E-state index in [2.05, 4.69) is 40.8 Å². The lowest BCUT2D eigenvalue weighted by Crippen LogP contribution is -2.33. The fourth-order valence-electron chi connectivity index (χ4n) is 3.46. The van der Waals surface area contributed by atoms with Crippen LogP contribution < -0.4 is 16.4 Å². The van der Waals surface area contributed by atoms with E-state index in [4.69, 9.17) is 5.73 Å².